The van der Waals surface area contributed by atoms with Crippen LogP contribution in [-0.4, -0.2) is 0 Å². The lowest BCUT2D eigenvalue weighted by molar-refractivity contribution is 0.221. The molecule has 0 radical (unpaired) electrons. The van der Waals surface area contributed by atoms with Gasteiger partial charge in [-0.25, -0.2) is 0 Å². The molecule has 0 unspecified atom stereocenters. The van der Waals surface area contributed by atoms with Crippen LogP contribution in [0, 0.1) is 10.8 Å². The maximum absolute atomic E-state index is 2.42. The van der Waals surface area contributed by atoms with Crippen LogP contribution in [0.1, 0.15) is 85.8 Å². The first kappa shape index (κ1) is 16.6. The molecule has 1 saturated carbocycles. The predicted molar refractivity (Wildman–Crippen MR) is 93.9 cm³/mol. The molecule has 1 aromatic rings. The van der Waals surface area contributed by atoms with E-state index >= 15 is 0 Å². The van der Waals surface area contributed by atoms with Gasteiger partial charge in [-0.15, -0.1) is 0 Å². The lowest BCUT2D eigenvalue weighted by atomic mass is 9.62. The zero-order valence-electron chi connectivity index (χ0n) is 15.4. The normalized spacial score (nSPS) is 18.7. The Labute approximate surface area is 132 Å². The summed E-state index contributed by atoms with van der Waals surface area (Å²) < 4.78 is 0. The van der Waals surface area contributed by atoms with Gasteiger partial charge < -0.3 is 0 Å². The molecule has 0 saturated heterocycles. The van der Waals surface area contributed by atoms with Crippen molar-refractivity contribution in [3.63, 3.8) is 0 Å². The van der Waals surface area contributed by atoms with Crippen molar-refractivity contribution in [2.45, 2.75) is 85.5 Å². The molecule has 1 fully saturated rings. The Hall–Kier alpha value is -0.780. The van der Waals surface area contributed by atoms with E-state index in [1.807, 2.05) is 0 Å². The molecule has 0 aliphatic heterocycles. The second kappa shape index (κ2) is 4.86. The SMILES string of the molecule is CC(C)(C)CC1(c2ccccc2C(C)(C)C(C)(C)C)CC1. The van der Waals surface area contributed by atoms with Gasteiger partial charge in [0, 0.05) is 0 Å². The second-order valence-electron chi connectivity index (χ2n) is 9.94. The van der Waals surface area contributed by atoms with E-state index in [0.29, 0.717) is 10.8 Å². The summed E-state index contributed by atoms with van der Waals surface area (Å²) >= 11 is 0. The summed E-state index contributed by atoms with van der Waals surface area (Å²) in [5.74, 6) is 0. The summed E-state index contributed by atoms with van der Waals surface area (Å²) in [7, 11) is 0. The molecule has 0 N–H and O–H groups in total. The van der Waals surface area contributed by atoms with Crippen LogP contribution in [0.4, 0.5) is 0 Å². The quantitative estimate of drug-likeness (QED) is 0.596. The van der Waals surface area contributed by atoms with Crippen LogP contribution < -0.4 is 0 Å². The highest BCUT2D eigenvalue weighted by Crippen LogP contribution is 2.58. The molecule has 0 bridgehead atoms. The molecular formula is C21H34. The van der Waals surface area contributed by atoms with Crippen LogP contribution in [0.2, 0.25) is 0 Å². The number of benzene rings is 1. The number of hydrogen-bond acceptors (Lipinski definition) is 0. The van der Waals surface area contributed by atoms with Gasteiger partial charge in [0.2, 0.25) is 0 Å². The first-order valence-electron chi connectivity index (χ1n) is 8.49. The average Bonchev–Trinajstić information content (AvgIpc) is 3.06. The highest BCUT2D eigenvalue weighted by molar-refractivity contribution is 5.43. The van der Waals surface area contributed by atoms with Gasteiger partial charge in [0.1, 0.15) is 0 Å². The Bertz CT molecular complexity index is 502. The molecule has 0 heteroatoms. The summed E-state index contributed by atoms with van der Waals surface area (Å²) in [6.07, 6.45) is 4.03. The second-order valence-corrected chi connectivity index (χ2v) is 9.94. The predicted octanol–water partition coefficient (Wildman–Crippen LogP) is 6.48. The Morgan fingerprint density at radius 3 is 1.81 bits per heavy atom. The van der Waals surface area contributed by atoms with Crippen molar-refractivity contribution >= 4 is 0 Å². The lowest BCUT2D eigenvalue weighted by Crippen LogP contribution is -2.36. The maximum atomic E-state index is 2.42. The molecule has 2 rings (SSSR count). The van der Waals surface area contributed by atoms with Gasteiger partial charge >= 0.3 is 0 Å². The van der Waals surface area contributed by atoms with Crippen molar-refractivity contribution in [1.29, 1.82) is 0 Å². The van der Waals surface area contributed by atoms with Crippen LogP contribution in [0.5, 0.6) is 0 Å². The maximum Gasteiger partial charge on any atom is -0.00384 e. The standard InChI is InChI=1S/C21H34/c1-18(2,3)15-21(13-14-21)17-12-10-9-11-16(17)20(7,8)19(4,5)6/h9-12H,13-15H2,1-8H3. The zero-order valence-corrected chi connectivity index (χ0v) is 15.4. The van der Waals surface area contributed by atoms with Gasteiger partial charge in [-0.3, -0.25) is 0 Å². The number of hydrogen-bond donors (Lipinski definition) is 0. The fraction of sp³-hybridized carbons (Fsp3) is 0.714. The van der Waals surface area contributed by atoms with Crippen molar-refractivity contribution in [3.05, 3.63) is 35.4 Å². The lowest BCUT2D eigenvalue weighted by Gasteiger charge is -2.42. The molecule has 0 aromatic heterocycles. The molecule has 1 aromatic carbocycles. The third kappa shape index (κ3) is 3.20. The number of rotatable bonds is 3. The van der Waals surface area contributed by atoms with Crippen molar-refractivity contribution in [2.75, 3.05) is 0 Å². The molecule has 1 aliphatic rings. The molecular weight excluding hydrogens is 252 g/mol. The Balaban J connectivity index is 2.49. The highest BCUT2D eigenvalue weighted by atomic mass is 14.5. The Morgan fingerprint density at radius 2 is 1.38 bits per heavy atom. The van der Waals surface area contributed by atoms with Gasteiger partial charge in [-0.05, 0) is 52.0 Å². The monoisotopic (exact) mass is 286 g/mol. The van der Waals surface area contributed by atoms with Crippen molar-refractivity contribution in [3.8, 4) is 0 Å². The van der Waals surface area contributed by atoms with Crippen LogP contribution in [0.3, 0.4) is 0 Å². The van der Waals surface area contributed by atoms with E-state index < -0.39 is 0 Å². The van der Waals surface area contributed by atoms with Gasteiger partial charge in [-0.2, -0.15) is 0 Å². The largest absolute Gasteiger partial charge is 0.0620 e. The van der Waals surface area contributed by atoms with E-state index in [9.17, 15) is 0 Å². The fourth-order valence-electron chi connectivity index (χ4n) is 3.60. The van der Waals surface area contributed by atoms with Crippen molar-refractivity contribution in [2.24, 2.45) is 10.8 Å². The molecule has 0 nitrogen and oxygen atoms in total. The minimum absolute atomic E-state index is 0.192. The highest BCUT2D eigenvalue weighted by Gasteiger charge is 2.49. The van der Waals surface area contributed by atoms with Crippen LogP contribution in [-0.2, 0) is 10.8 Å². The summed E-state index contributed by atoms with van der Waals surface area (Å²) in [6, 6.07) is 9.24. The van der Waals surface area contributed by atoms with Gasteiger partial charge in [0.05, 0.1) is 0 Å². The molecule has 21 heavy (non-hydrogen) atoms. The average molecular weight is 287 g/mol. The van der Waals surface area contributed by atoms with E-state index in [4.69, 9.17) is 0 Å². The molecule has 0 amide bonds. The van der Waals surface area contributed by atoms with Gasteiger partial charge in [0.25, 0.3) is 0 Å². The van der Waals surface area contributed by atoms with E-state index in [-0.39, 0.29) is 10.8 Å². The molecule has 118 valence electrons. The van der Waals surface area contributed by atoms with Crippen LogP contribution in [0.25, 0.3) is 0 Å². The van der Waals surface area contributed by atoms with Gasteiger partial charge in [-0.1, -0.05) is 79.7 Å². The van der Waals surface area contributed by atoms with E-state index in [0.717, 1.165) is 0 Å². The molecule has 1 aliphatic carbocycles. The Morgan fingerprint density at radius 1 is 0.857 bits per heavy atom. The summed E-state index contributed by atoms with van der Waals surface area (Å²) in [6.45, 7) is 19.1. The van der Waals surface area contributed by atoms with Crippen LogP contribution >= 0.6 is 0 Å². The minimum atomic E-state index is 0.192. The minimum Gasteiger partial charge on any atom is -0.0620 e. The summed E-state index contributed by atoms with van der Waals surface area (Å²) in [5.41, 5.74) is 4.49. The van der Waals surface area contributed by atoms with Crippen LogP contribution in [0.15, 0.2) is 24.3 Å². The molecule has 0 heterocycles. The smallest absolute Gasteiger partial charge is 0.00384 e. The van der Waals surface area contributed by atoms with Gasteiger partial charge in [0.15, 0.2) is 0 Å². The first-order valence-corrected chi connectivity index (χ1v) is 8.49. The fourth-order valence-corrected chi connectivity index (χ4v) is 3.60. The van der Waals surface area contributed by atoms with Crippen molar-refractivity contribution < 1.29 is 0 Å². The topological polar surface area (TPSA) is 0 Å². The zero-order chi connectivity index (χ0) is 16.1. The summed E-state index contributed by atoms with van der Waals surface area (Å²) in [5, 5.41) is 0. The molecule has 0 atom stereocenters. The Kier molecular flexibility index (Phi) is 3.84. The summed E-state index contributed by atoms with van der Waals surface area (Å²) in [4.78, 5) is 0. The van der Waals surface area contributed by atoms with E-state index in [2.05, 4.69) is 79.7 Å². The van der Waals surface area contributed by atoms with Crippen molar-refractivity contribution in [1.82, 2.24) is 0 Å². The van der Waals surface area contributed by atoms with E-state index in [1.54, 1.807) is 11.1 Å². The third-order valence-corrected chi connectivity index (χ3v) is 5.77. The molecule has 0 spiro atoms. The van der Waals surface area contributed by atoms with E-state index in [1.165, 1.54) is 19.3 Å². The third-order valence-electron chi connectivity index (χ3n) is 5.77. The first-order chi connectivity index (χ1) is 9.39.